The van der Waals surface area contributed by atoms with Crippen LogP contribution in [0.2, 0.25) is 0 Å². The Morgan fingerprint density at radius 3 is 1.90 bits per heavy atom. The van der Waals surface area contributed by atoms with Crippen LogP contribution in [-0.2, 0) is 0 Å². The molecule has 0 aliphatic carbocycles. The third kappa shape index (κ3) is 4.35. The van der Waals surface area contributed by atoms with E-state index in [-0.39, 0.29) is 11.8 Å². The van der Waals surface area contributed by atoms with Gasteiger partial charge in [-0.25, -0.2) is 0 Å². The minimum atomic E-state index is -0.276. The summed E-state index contributed by atoms with van der Waals surface area (Å²) in [5, 5.41) is 5.63. The van der Waals surface area contributed by atoms with Gasteiger partial charge in [-0.05, 0) is 66.7 Å². The second kappa shape index (κ2) is 8.57. The molecule has 2 N–H and O–H groups in total. The number of hydrogen-bond donors (Lipinski definition) is 2. The molecule has 0 saturated carbocycles. The first-order chi connectivity index (χ1) is 14.6. The lowest BCUT2D eigenvalue weighted by Gasteiger charge is -2.18. The van der Waals surface area contributed by atoms with E-state index in [9.17, 15) is 9.59 Å². The Labute approximate surface area is 173 Å². The van der Waals surface area contributed by atoms with Crippen molar-refractivity contribution in [2.45, 2.75) is 0 Å². The standard InChI is InChI=1S/C23H20N2O5/c1-28-19-9-7-18(8-10-19)24-22(26)15-2-5-17(6-3-15)25-23(27)16-4-11-20-21(14-16)30-13-12-29-20/h2-11,14H,12-13H2,1H3,(H,24,26)(H,25,27). The summed E-state index contributed by atoms with van der Waals surface area (Å²) in [6.07, 6.45) is 0. The highest BCUT2D eigenvalue weighted by molar-refractivity contribution is 6.06. The van der Waals surface area contributed by atoms with Crippen LogP contribution in [0.3, 0.4) is 0 Å². The third-order valence-electron chi connectivity index (χ3n) is 4.56. The molecule has 1 aliphatic heterocycles. The van der Waals surface area contributed by atoms with E-state index in [1.165, 1.54) is 0 Å². The molecule has 0 aromatic heterocycles. The van der Waals surface area contributed by atoms with E-state index in [2.05, 4.69) is 10.6 Å². The molecule has 0 bridgehead atoms. The number of rotatable bonds is 5. The van der Waals surface area contributed by atoms with Crippen LogP contribution in [-0.4, -0.2) is 32.1 Å². The molecule has 0 radical (unpaired) electrons. The van der Waals surface area contributed by atoms with Crippen molar-refractivity contribution in [3.8, 4) is 17.2 Å². The lowest BCUT2D eigenvalue weighted by Crippen LogP contribution is -2.17. The van der Waals surface area contributed by atoms with E-state index >= 15 is 0 Å². The second-order valence-corrected chi connectivity index (χ2v) is 6.57. The molecule has 2 amide bonds. The van der Waals surface area contributed by atoms with Crippen LogP contribution in [0, 0.1) is 0 Å². The Kier molecular flexibility index (Phi) is 5.52. The number of amides is 2. The maximum absolute atomic E-state index is 12.5. The molecule has 1 aliphatic rings. The quantitative estimate of drug-likeness (QED) is 0.672. The summed E-state index contributed by atoms with van der Waals surface area (Å²) in [6.45, 7) is 0.953. The Bertz CT molecular complexity index is 1060. The summed E-state index contributed by atoms with van der Waals surface area (Å²) in [5.41, 5.74) is 2.18. The number of benzene rings is 3. The lowest BCUT2D eigenvalue weighted by molar-refractivity contribution is 0.101. The molecule has 0 atom stereocenters. The predicted octanol–water partition coefficient (Wildman–Crippen LogP) is 3.97. The van der Waals surface area contributed by atoms with Gasteiger partial charge in [0, 0.05) is 22.5 Å². The van der Waals surface area contributed by atoms with Crippen molar-refractivity contribution in [1.82, 2.24) is 0 Å². The zero-order valence-electron chi connectivity index (χ0n) is 16.3. The van der Waals surface area contributed by atoms with Crippen LogP contribution in [0.5, 0.6) is 17.2 Å². The van der Waals surface area contributed by atoms with Crippen LogP contribution >= 0.6 is 0 Å². The van der Waals surface area contributed by atoms with Gasteiger partial charge in [0.25, 0.3) is 11.8 Å². The van der Waals surface area contributed by atoms with Gasteiger partial charge in [-0.1, -0.05) is 0 Å². The van der Waals surface area contributed by atoms with Crippen LogP contribution in [0.1, 0.15) is 20.7 Å². The van der Waals surface area contributed by atoms with Crippen molar-refractivity contribution in [3.63, 3.8) is 0 Å². The third-order valence-corrected chi connectivity index (χ3v) is 4.56. The van der Waals surface area contributed by atoms with Crippen LogP contribution in [0.15, 0.2) is 66.7 Å². The Morgan fingerprint density at radius 1 is 0.733 bits per heavy atom. The Hall–Kier alpha value is -4.00. The molecular formula is C23H20N2O5. The lowest BCUT2D eigenvalue weighted by atomic mass is 10.1. The van der Waals surface area contributed by atoms with Gasteiger partial charge in [0.05, 0.1) is 7.11 Å². The van der Waals surface area contributed by atoms with Gasteiger partial charge in [-0.3, -0.25) is 9.59 Å². The van der Waals surface area contributed by atoms with Crippen LogP contribution in [0.25, 0.3) is 0 Å². The molecule has 4 rings (SSSR count). The van der Waals surface area contributed by atoms with Crippen LogP contribution < -0.4 is 24.8 Å². The van der Waals surface area contributed by atoms with Crippen LogP contribution in [0.4, 0.5) is 11.4 Å². The first-order valence-corrected chi connectivity index (χ1v) is 9.39. The van der Waals surface area contributed by atoms with Gasteiger partial charge >= 0.3 is 0 Å². The van der Waals surface area contributed by atoms with E-state index < -0.39 is 0 Å². The molecule has 3 aromatic carbocycles. The number of hydrogen-bond acceptors (Lipinski definition) is 5. The van der Waals surface area contributed by atoms with Gasteiger partial charge in [0.2, 0.25) is 0 Å². The molecule has 7 heteroatoms. The number of fused-ring (bicyclic) bond motifs is 1. The number of ether oxygens (including phenoxy) is 3. The van der Waals surface area contributed by atoms with E-state index in [0.29, 0.717) is 53.0 Å². The molecule has 0 unspecified atom stereocenters. The normalized spacial score (nSPS) is 12.0. The summed E-state index contributed by atoms with van der Waals surface area (Å²) >= 11 is 0. The number of carbonyl (C=O) groups is 2. The first kappa shape index (κ1) is 19.3. The maximum atomic E-state index is 12.5. The first-order valence-electron chi connectivity index (χ1n) is 9.39. The van der Waals surface area contributed by atoms with Crippen molar-refractivity contribution in [1.29, 1.82) is 0 Å². The van der Waals surface area contributed by atoms with Gasteiger partial charge in [-0.2, -0.15) is 0 Å². The molecule has 0 saturated heterocycles. The van der Waals surface area contributed by atoms with Gasteiger partial charge in [0.15, 0.2) is 11.5 Å². The molecule has 7 nitrogen and oxygen atoms in total. The molecular weight excluding hydrogens is 384 g/mol. The average Bonchev–Trinajstić information content (AvgIpc) is 2.79. The summed E-state index contributed by atoms with van der Waals surface area (Å²) < 4.78 is 16.1. The van der Waals surface area contributed by atoms with Crippen molar-refractivity contribution in [3.05, 3.63) is 77.9 Å². The molecule has 30 heavy (non-hydrogen) atoms. The van der Waals surface area contributed by atoms with E-state index in [1.54, 1.807) is 73.8 Å². The van der Waals surface area contributed by atoms with Crippen molar-refractivity contribution >= 4 is 23.2 Å². The fourth-order valence-corrected chi connectivity index (χ4v) is 2.97. The average molecular weight is 404 g/mol. The SMILES string of the molecule is COc1ccc(NC(=O)c2ccc(NC(=O)c3ccc4c(c3)OCCO4)cc2)cc1. The van der Waals surface area contributed by atoms with E-state index in [0.717, 1.165) is 0 Å². The molecule has 1 heterocycles. The minimum Gasteiger partial charge on any atom is -0.497 e. The van der Waals surface area contributed by atoms with E-state index in [1.807, 2.05) is 0 Å². The largest absolute Gasteiger partial charge is 0.497 e. The number of methoxy groups -OCH3 is 1. The van der Waals surface area contributed by atoms with E-state index in [4.69, 9.17) is 14.2 Å². The zero-order chi connectivity index (χ0) is 20.9. The number of nitrogens with one attached hydrogen (secondary N) is 2. The molecule has 3 aromatic rings. The summed E-state index contributed by atoms with van der Waals surface area (Å²) in [4.78, 5) is 24.9. The highest BCUT2D eigenvalue weighted by Gasteiger charge is 2.15. The highest BCUT2D eigenvalue weighted by Crippen LogP contribution is 2.31. The number of anilines is 2. The molecule has 152 valence electrons. The van der Waals surface area contributed by atoms with Gasteiger partial charge in [-0.15, -0.1) is 0 Å². The summed E-state index contributed by atoms with van der Waals surface area (Å²) in [7, 11) is 1.59. The smallest absolute Gasteiger partial charge is 0.255 e. The second-order valence-electron chi connectivity index (χ2n) is 6.57. The van der Waals surface area contributed by atoms with Gasteiger partial charge in [0.1, 0.15) is 19.0 Å². The zero-order valence-corrected chi connectivity index (χ0v) is 16.3. The fourth-order valence-electron chi connectivity index (χ4n) is 2.97. The topological polar surface area (TPSA) is 85.9 Å². The Morgan fingerprint density at radius 2 is 1.27 bits per heavy atom. The summed E-state index contributed by atoms with van der Waals surface area (Å²) in [6, 6.07) is 18.8. The highest BCUT2D eigenvalue weighted by atomic mass is 16.6. The van der Waals surface area contributed by atoms with Crippen molar-refractivity contribution in [2.75, 3.05) is 31.0 Å². The van der Waals surface area contributed by atoms with Crippen molar-refractivity contribution in [2.24, 2.45) is 0 Å². The predicted molar refractivity (Wildman–Crippen MR) is 113 cm³/mol. The minimum absolute atomic E-state index is 0.245. The van der Waals surface area contributed by atoms with Crippen molar-refractivity contribution < 1.29 is 23.8 Å². The Balaban J connectivity index is 1.39. The summed E-state index contributed by atoms with van der Waals surface area (Å²) in [5.74, 6) is 1.38. The maximum Gasteiger partial charge on any atom is 0.255 e. The molecule has 0 spiro atoms. The number of carbonyl (C=O) groups excluding carboxylic acids is 2. The monoisotopic (exact) mass is 404 g/mol. The fraction of sp³-hybridized carbons (Fsp3) is 0.130. The molecule has 0 fully saturated rings. The van der Waals surface area contributed by atoms with Gasteiger partial charge < -0.3 is 24.8 Å².